The molecule has 1 saturated heterocycles. The van der Waals surface area contributed by atoms with Gasteiger partial charge in [0.2, 0.25) is 17.4 Å². The number of alkyl halides is 3. The largest absolute Gasteiger partial charge is 0.506 e. The SMILES string of the molecule is COc1ccc(CC(=O)NCc2ccc(CNC(=O)CCN3CCC(OC(=O)C(F)(F)F)CC3)cc2)cc1C[C@@H](C)NC[C@H](O)c1ccc(O)c2[nH]c(=O)ccc12. The van der Waals surface area contributed by atoms with Crippen molar-refractivity contribution in [1.29, 1.82) is 0 Å². The van der Waals surface area contributed by atoms with Gasteiger partial charge in [-0.1, -0.05) is 42.5 Å². The number of amides is 2. The first-order valence-electron chi connectivity index (χ1n) is 18.7. The number of aromatic hydroxyl groups is 1. The van der Waals surface area contributed by atoms with E-state index in [4.69, 9.17) is 4.74 Å². The number of nitrogens with zero attached hydrogens (tertiary/aromatic N) is 1. The molecule has 16 heteroatoms. The van der Waals surface area contributed by atoms with Crippen molar-refractivity contribution in [3.63, 3.8) is 0 Å². The molecule has 5 rings (SSSR count). The molecule has 1 aromatic heterocycles. The lowest BCUT2D eigenvalue weighted by Gasteiger charge is -2.31. The lowest BCUT2D eigenvalue weighted by atomic mass is 10.00. The van der Waals surface area contributed by atoms with Crippen LogP contribution in [0.5, 0.6) is 11.5 Å². The third kappa shape index (κ3) is 12.5. The number of aromatic nitrogens is 1. The van der Waals surface area contributed by atoms with Crippen molar-refractivity contribution in [2.24, 2.45) is 0 Å². The van der Waals surface area contributed by atoms with Gasteiger partial charge in [-0.25, -0.2) is 4.79 Å². The zero-order valence-electron chi connectivity index (χ0n) is 31.8. The zero-order chi connectivity index (χ0) is 41.1. The quantitative estimate of drug-likeness (QED) is 0.0858. The van der Waals surface area contributed by atoms with Gasteiger partial charge in [0.1, 0.15) is 17.6 Å². The Morgan fingerprint density at radius 3 is 2.23 bits per heavy atom. The highest BCUT2D eigenvalue weighted by atomic mass is 19.4. The molecule has 2 atom stereocenters. The lowest BCUT2D eigenvalue weighted by Crippen LogP contribution is -2.41. The minimum absolute atomic E-state index is 0.0784. The standard InChI is InChI=1S/C41H48F3N5O8/c1-25(45-24-34(51)31-8-10-33(50)39-32(31)9-12-37(53)48-39)19-29-20-28(7-11-35(29)56-2)21-38(54)47-23-27-5-3-26(4-6-27)22-46-36(52)15-18-49-16-13-30(14-17-49)57-40(55)41(42,43)44/h3-12,20,25,30,34,45,50-51H,13-19,21-24H2,1-2H3,(H,46,52)(H,47,54)(H,48,53)/t25-,34+/m1/s1. The first-order chi connectivity index (χ1) is 27.2. The van der Waals surface area contributed by atoms with Gasteiger partial charge in [0.15, 0.2) is 0 Å². The first kappa shape index (κ1) is 42.7. The molecule has 0 saturated carbocycles. The number of likely N-dealkylation sites (tertiary alicyclic amines) is 1. The first-order valence-corrected chi connectivity index (χ1v) is 18.7. The molecule has 306 valence electrons. The summed E-state index contributed by atoms with van der Waals surface area (Å²) in [5, 5.41) is 30.8. The Labute approximate surface area is 327 Å². The van der Waals surface area contributed by atoms with Crippen molar-refractivity contribution >= 4 is 28.7 Å². The number of ether oxygens (including phenoxy) is 2. The lowest BCUT2D eigenvalue weighted by molar-refractivity contribution is -0.206. The van der Waals surface area contributed by atoms with Gasteiger partial charge in [0.05, 0.1) is 25.2 Å². The average molecular weight is 796 g/mol. The molecule has 13 nitrogen and oxygen atoms in total. The number of rotatable bonds is 17. The summed E-state index contributed by atoms with van der Waals surface area (Å²) in [6.07, 6.45) is -5.21. The Balaban J connectivity index is 1.01. The number of fused-ring (bicyclic) bond motifs is 1. The number of aromatic amines is 1. The van der Waals surface area contributed by atoms with Gasteiger partial charge in [-0.3, -0.25) is 14.4 Å². The minimum Gasteiger partial charge on any atom is -0.506 e. The number of hydrogen-bond donors (Lipinski definition) is 6. The van der Waals surface area contributed by atoms with Crippen LogP contribution in [-0.4, -0.2) is 89.5 Å². The molecule has 0 bridgehead atoms. The van der Waals surface area contributed by atoms with E-state index in [2.05, 4.69) is 25.7 Å². The van der Waals surface area contributed by atoms with Crippen LogP contribution in [0.4, 0.5) is 13.2 Å². The van der Waals surface area contributed by atoms with E-state index in [-0.39, 0.29) is 66.9 Å². The van der Waals surface area contributed by atoms with Crippen molar-refractivity contribution < 1.29 is 47.2 Å². The van der Waals surface area contributed by atoms with Crippen LogP contribution >= 0.6 is 0 Å². The van der Waals surface area contributed by atoms with Crippen LogP contribution in [0, 0.1) is 0 Å². The van der Waals surface area contributed by atoms with Crippen molar-refractivity contribution in [2.45, 2.75) is 76.5 Å². The molecule has 2 heterocycles. The smallest absolute Gasteiger partial charge is 0.490 e. The topological polar surface area (TPSA) is 182 Å². The van der Waals surface area contributed by atoms with Gasteiger partial charge in [-0.05, 0) is 72.2 Å². The molecule has 57 heavy (non-hydrogen) atoms. The van der Waals surface area contributed by atoms with Crippen molar-refractivity contribution in [2.75, 3.05) is 33.3 Å². The van der Waals surface area contributed by atoms with Crippen LogP contribution in [0.15, 0.2) is 71.5 Å². The number of H-pyrrole nitrogens is 1. The Hall–Kier alpha value is -5.45. The van der Waals surface area contributed by atoms with Crippen LogP contribution in [0.3, 0.4) is 0 Å². The molecule has 0 aliphatic carbocycles. The predicted molar refractivity (Wildman–Crippen MR) is 205 cm³/mol. The fourth-order valence-electron chi connectivity index (χ4n) is 6.72. The van der Waals surface area contributed by atoms with Gasteiger partial charge < -0.3 is 45.5 Å². The van der Waals surface area contributed by atoms with E-state index in [1.807, 2.05) is 54.3 Å². The van der Waals surface area contributed by atoms with E-state index in [0.29, 0.717) is 55.8 Å². The number of pyridine rings is 1. The van der Waals surface area contributed by atoms with E-state index < -0.39 is 24.4 Å². The zero-order valence-corrected chi connectivity index (χ0v) is 31.8. The van der Waals surface area contributed by atoms with E-state index in [1.165, 1.54) is 12.1 Å². The third-order valence-electron chi connectivity index (χ3n) is 9.86. The Bertz CT molecular complexity index is 2070. The number of benzene rings is 3. The molecule has 0 radical (unpaired) electrons. The summed E-state index contributed by atoms with van der Waals surface area (Å²) in [5.74, 6) is -1.90. The Morgan fingerprint density at radius 2 is 1.58 bits per heavy atom. The van der Waals surface area contributed by atoms with E-state index in [0.717, 1.165) is 22.3 Å². The van der Waals surface area contributed by atoms with Crippen LogP contribution in [0.25, 0.3) is 10.9 Å². The summed E-state index contributed by atoms with van der Waals surface area (Å²) in [6.45, 7) is 4.12. The van der Waals surface area contributed by atoms with Crippen LogP contribution < -0.4 is 26.2 Å². The van der Waals surface area contributed by atoms with Crippen molar-refractivity contribution in [3.05, 3.63) is 105 Å². The number of hydrogen-bond acceptors (Lipinski definition) is 10. The second kappa shape index (κ2) is 19.6. The molecule has 1 fully saturated rings. The van der Waals surface area contributed by atoms with Gasteiger partial charge in [0.25, 0.3) is 0 Å². The number of methoxy groups -OCH3 is 1. The fraction of sp³-hybridized carbons (Fsp3) is 0.415. The van der Waals surface area contributed by atoms with Gasteiger partial charge >= 0.3 is 12.1 Å². The molecule has 4 aromatic rings. The number of phenols is 1. The highest BCUT2D eigenvalue weighted by Crippen LogP contribution is 2.29. The number of halogens is 3. The van der Waals surface area contributed by atoms with E-state index >= 15 is 0 Å². The number of phenolic OH excluding ortho intramolecular Hbond substituents is 1. The maximum Gasteiger partial charge on any atom is 0.490 e. The number of aliphatic hydroxyl groups excluding tert-OH is 1. The summed E-state index contributed by atoms with van der Waals surface area (Å²) in [5.41, 5.74) is 3.94. The molecule has 6 N–H and O–H groups in total. The third-order valence-corrected chi connectivity index (χ3v) is 9.86. The molecular weight excluding hydrogens is 747 g/mol. The number of aliphatic hydroxyl groups is 1. The highest BCUT2D eigenvalue weighted by Gasteiger charge is 2.42. The molecule has 0 spiro atoms. The average Bonchev–Trinajstić information content (AvgIpc) is 3.18. The summed E-state index contributed by atoms with van der Waals surface area (Å²) in [7, 11) is 1.58. The minimum atomic E-state index is -5.01. The molecular formula is C41H48F3N5O8. The van der Waals surface area contributed by atoms with Gasteiger partial charge in [-0.15, -0.1) is 0 Å². The summed E-state index contributed by atoms with van der Waals surface area (Å²) in [4.78, 5) is 52.7. The Kier molecular flexibility index (Phi) is 14.7. The fourth-order valence-corrected chi connectivity index (χ4v) is 6.72. The summed E-state index contributed by atoms with van der Waals surface area (Å²) >= 11 is 0. The van der Waals surface area contributed by atoms with Gasteiger partial charge in [0, 0.05) is 63.2 Å². The highest BCUT2D eigenvalue weighted by molar-refractivity contribution is 5.87. The van der Waals surface area contributed by atoms with E-state index in [9.17, 15) is 42.6 Å². The summed E-state index contributed by atoms with van der Waals surface area (Å²) < 4.78 is 47.4. The number of carbonyl (C=O) groups excluding carboxylic acids is 3. The second-order valence-corrected chi connectivity index (χ2v) is 14.2. The van der Waals surface area contributed by atoms with Crippen LogP contribution in [0.1, 0.15) is 60.1 Å². The molecule has 1 aliphatic heterocycles. The number of carbonyl (C=O) groups is 3. The van der Waals surface area contributed by atoms with E-state index in [1.54, 1.807) is 19.2 Å². The molecule has 1 aliphatic rings. The summed E-state index contributed by atoms with van der Waals surface area (Å²) in [6, 6.07) is 19.0. The Morgan fingerprint density at radius 1 is 0.930 bits per heavy atom. The normalized spacial score (nSPS) is 14.8. The molecule has 3 aromatic carbocycles. The predicted octanol–water partition coefficient (Wildman–Crippen LogP) is 3.93. The molecule has 0 unspecified atom stereocenters. The van der Waals surface area contributed by atoms with Crippen molar-refractivity contribution in [1.82, 2.24) is 25.8 Å². The second-order valence-electron chi connectivity index (χ2n) is 14.2. The number of nitrogens with one attached hydrogen (secondary N) is 4. The van der Waals surface area contributed by atoms with Crippen LogP contribution in [-0.2, 0) is 45.1 Å². The number of esters is 1. The van der Waals surface area contributed by atoms with Crippen LogP contribution in [0.2, 0.25) is 0 Å². The number of piperidine rings is 1. The van der Waals surface area contributed by atoms with Crippen molar-refractivity contribution in [3.8, 4) is 11.5 Å². The monoisotopic (exact) mass is 795 g/mol. The maximum absolute atomic E-state index is 12.9. The van der Waals surface area contributed by atoms with Gasteiger partial charge in [-0.2, -0.15) is 13.2 Å². The maximum atomic E-state index is 12.9. The molecule has 2 amide bonds.